The molecule has 11 heavy (non-hydrogen) atoms. The molecule has 2 heteroatoms. The minimum Gasteiger partial charge on any atom is -0.481 e. The van der Waals surface area contributed by atoms with E-state index >= 15 is 0 Å². The quantitative estimate of drug-likeness (QED) is 0.587. The van der Waals surface area contributed by atoms with Crippen LogP contribution in [0.1, 0.15) is 26.7 Å². The number of hydrogen-bond acceptors (Lipinski definition) is 1. The lowest BCUT2D eigenvalue weighted by Gasteiger charge is -2.24. The Labute approximate surface area is 66.9 Å². The predicted octanol–water partition coefficient (Wildman–Crippen LogP) is 2.06. The largest absolute Gasteiger partial charge is 0.481 e. The third-order valence-corrected chi connectivity index (χ3v) is 2.58. The molecule has 0 aromatic rings. The molecule has 0 aromatic carbocycles. The van der Waals surface area contributed by atoms with E-state index in [2.05, 4.69) is 6.08 Å². The molecular weight excluding hydrogens is 140 g/mol. The molecule has 62 valence electrons. The molecule has 0 amide bonds. The summed E-state index contributed by atoms with van der Waals surface area (Å²) in [6, 6.07) is 0. The summed E-state index contributed by atoms with van der Waals surface area (Å²) in [7, 11) is 0. The molecule has 0 heterocycles. The van der Waals surface area contributed by atoms with Crippen LogP contribution in [0.25, 0.3) is 0 Å². The SMILES string of the molecule is CC1=CCCC(C(=O)O)C1C. The van der Waals surface area contributed by atoms with Gasteiger partial charge in [-0.15, -0.1) is 0 Å². The summed E-state index contributed by atoms with van der Waals surface area (Å²) in [5.74, 6) is -0.578. The third-order valence-electron chi connectivity index (χ3n) is 2.58. The summed E-state index contributed by atoms with van der Waals surface area (Å²) in [6.45, 7) is 4.00. The van der Waals surface area contributed by atoms with E-state index in [0.29, 0.717) is 0 Å². The highest BCUT2D eigenvalue weighted by atomic mass is 16.4. The van der Waals surface area contributed by atoms with Crippen molar-refractivity contribution in [3.8, 4) is 0 Å². The van der Waals surface area contributed by atoms with Crippen LogP contribution in [0.15, 0.2) is 11.6 Å². The monoisotopic (exact) mass is 154 g/mol. The fourth-order valence-electron chi connectivity index (χ4n) is 1.58. The van der Waals surface area contributed by atoms with Crippen molar-refractivity contribution in [1.82, 2.24) is 0 Å². The van der Waals surface area contributed by atoms with Crippen LogP contribution in [-0.4, -0.2) is 11.1 Å². The molecule has 2 unspecified atom stereocenters. The van der Waals surface area contributed by atoms with Gasteiger partial charge in [-0.05, 0) is 25.7 Å². The van der Waals surface area contributed by atoms with Crippen LogP contribution < -0.4 is 0 Å². The van der Waals surface area contributed by atoms with Gasteiger partial charge in [-0.1, -0.05) is 18.6 Å². The zero-order chi connectivity index (χ0) is 8.43. The van der Waals surface area contributed by atoms with Gasteiger partial charge in [-0.3, -0.25) is 4.79 Å². The topological polar surface area (TPSA) is 37.3 Å². The number of carboxylic acid groups (broad SMARTS) is 1. The van der Waals surface area contributed by atoms with Crippen molar-refractivity contribution in [2.75, 3.05) is 0 Å². The summed E-state index contributed by atoms with van der Waals surface area (Å²) in [6.07, 6.45) is 3.87. The lowest BCUT2D eigenvalue weighted by Crippen LogP contribution is -2.24. The molecule has 2 atom stereocenters. The smallest absolute Gasteiger partial charge is 0.307 e. The number of carboxylic acids is 1. The van der Waals surface area contributed by atoms with Gasteiger partial charge in [0.25, 0.3) is 0 Å². The Morgan fingerprint density at radius 3 is 2.82 bits per heavy atom. The van der Waals surface area contributed by atoms with Crippen molar-refractivity contribution >= 4 is 5.97 Å². The van der Waals surface area contributed by atoms with Crippen LogP contribution in [0.3, 0.4) is 0 Å². The highest BCUT2D eigenvalue weighted by Crippen LogP contribution is 2.29. The minimum atomic E-state index is -0.648. The molecule has 1 N–H and O–H groups in total. The van der Waals surface area contributed by atoms with E-state index in [-0.39, 0.29) is 11.8 Å². The van der Waals surface area contributed by atoms with Crippen molar-refractivity contribution in [3.05, 3.63) is 11.6 Å². The van der Waals surface area contributed by atoms with Crippen molar-refractivity contribution in [2.45, 2.75) is 26.7 Å². The average molecular weight is 154 g/mol. The van der Waals surface area contributed by atoms with Crippen molar-refractivity contribution in [3.63, 3.8) is 0 Å². The molecule has 0 spiro atoms. The van der Waals surface area contributed by atoms with Crippen LogP contribution in [0.2, 0.25) is 0 Å². The van der Waals surface area contributed by atoms with Gasteiger partial charge in [-0.2, -0.15) is 0 Å². The van der Waals surface area contributed by atoms with Crippen LogP contribution >= 0.6 is 0 Å². The Hall–Kier alpha value is -0.790. The van der Waals surface area contributed by atoms with Gasteiger partial charge in [0.1, 0.15) is 0 Å². The third kappa shape index (κ3) is 1.62. The van der Waals surface area contributed by atoms with E-state index in [1.54, 1.807) is 0 Å². The Morgan fingerprint density at radius 1 is 1.73 bits per heavy atom. The van der Waals surface area contributed by atoms with Crippen LogP contribution in [-0.2, 0) is 4.79 Å². The highest BCUT2D eigenvalue weighted by molar-refractivity contribution is 5.71. The molecule has 0 radical (unpaired) electrons. The second-order valence-corrected chi connectivity index (χ2v) is 3.26. The van der Waals surface area contributed by atoms with Crippen LogP contribution in [0, 0.1) is 11.8 Å². The zero-order valence-corrected chi connectivity index (χ0v) is 7.00. The second-order valence-electron chi connectivity index (χ2n) is 3.26. The summed E-state index contributed by atoms with van der Waals surface area (Å²) < 4.78 is 0. The Morgan fingerprint density at radius 2 is 2.36 bits per heavy atom. The molecule has 0 fully saturated rings. The minimum absolute atomic E-state index is 0.153. The van der Waals surface area contributed by atoms with Gasteiger partial charge in [0.05, 0.1) is 5.92 Å². The van der Waals surface area contributed by atoms with E-state index in [4.69, 9.17) is 5.11 Å². The predicted molar refractivity (Wildman–Crippen MR) is 43.3 cm³/mol. The molecule has 2 nitrogen and oxygen atoms in total. The summed E-state index contributed by atoms with van der Waals surface area (Å²) in [4.78, 5) is 10.7. The van der Waals surface area contributed by atoms with Crippen LogP contribution in [0.4, 0.5) is 0 Å². The van der Waals surface area contributed by atoms with E-state index in [1.807, 2.05) is 13.8 Å². The van der Waals surface area contributed by atoms with E-state index in [0.717, 1.165) is 12.8 Å². The molecule has 1 aliphatic rings. The van der Waals surface area contributed by atoms with E-state index in [1.165, 1.54) is 5.57 Å². The first-order valence-electron chi connectivity index (χ1n) is 4.02. The molecule has 0 aromatic heterocycles. The van der Waals surface area contributed by atoms with Crippen molar-refractivity contribution < 1.29 is 9.90 Å². The molecule has 1 aliphatic carbocycles. The van der Waals surface area contributed by atoms with Crippen LogP contribution in [0.5, 0.6) is 0 Å². The first-order chi connectivity index (χ1) is 5.13. The second kappa shape index (κ2) is 3.07. The van der Waals surface area contributed by atoms with Gasteiger partial charge < -0.3 is 5.11 Å². The van der Waals surface area contributed by atoms with E-state index in [9.17, 15) is 4.79 Å². The van der Waals surface area contributed by atoms with Gasteiger partial charge in [-0.25, -0.2) is 0 Å². The maximum absolute atomic E-state index is 10.7. The maximum atomic E-state index is 10.7. The van der Waals surface area contributed by atoms with Crippen molar-refractivity contribution in [1.29, 1.82) is 0 Å². The lowest BCUT2D eigenvalue weighted by molar-refractivity contribution is -0.143. The Kier molecular flexibility index (Phi) is 2.32. The molecule has 1 rings (SSSR count). The normalized spacial score (nSPS) is 31.3. The fraction of sp³-hybridized carbons (Fsp3) is 0.667. The maximum Gasteiger partial charge on any atom is 0.307 e. The van der Waals surface area contributed by atoms with Gasteiger partial charge in [0.15, 0.2) is 0 Å². The number of aliphatic carboxylic acids is 1. The Balaban J connectivity index is 2.72. The van der Waals surface area contributed by atoms with Gasteiger partial charge in [0, 0.05) is 0 Å². The number of hydrogen-bond donors (Lipinski definition) is 1. The number of carbonyl (C=O) groups is 1. The van der Waals surface area contributed by atoms with E-state index < -0.39 is 5.97 Å². The standard InChI is InChI=1S/C9H14O2/c1-6-4-3-5-8(7(6)2)9(10)11/h4,7-8H,3,5H2,1-2H3,(H,10,11). The first kappa shape index (κ1) is 8.31. The Bertz CT molecular complexity index is 194. The molecule has 0 saturated heterocycles. The zero-order valence-electron chi connectivity index (χ0n) is 7.00. The van der Waals surface area contributed by atoms with Gasteiger partial charge in [0.2, 0.25) is 0 Å². The van der Waals surface area contributed by atoms with Gasteiger partial charge >= 0.3 is 5.97 Å². The first-order valence-corrected chi connectivity index (χ1v) is 4.02. The average Bonchev–Trinajstić information content (AvgIpc) is 1.94. The molecule has 0 bridgehead atoms. The lowest BCUT2D eigenvalue weighted by atomic mass is 9.80. The molecule has 0 aliphatic heterocycles. The number of allylic oxidation sites excluding steroid dienone is 2. The molecular formula is C9H14O2. The number of rotatable bonds is 1. The highest BCUT2D eigenvalue weighted by Gasteiger charge is 2.27. The fourth-order valence-corrected chi connectivity index (χ4v) is 1.58. The summed E-state index contributed by atoms with van der Waals surface area (Å²) >= 11 is 0. The van der Waals surface area contributed by atoms with Crippen molar-refractivity contribution in [2.24, 2.45) is 11.8 Å². The molecule has 0 saturated carbocycles. The summed E-state index contributed by atoms with van der Waals surface area (Å²) in [5.41, 5.74) is 1.23. The summed E-state index contributed by atoms with van der Waals surface area (Å²) in [5, 5.41) is 8.80.